The van der Waals surface area contributed by atoms with Crippen LogP contribution in [0.3, 0.4) is 0 Å². The highest BCUT2D eigenvalue weighted by atomic mass is 16.5. The lowest BCUT2D eigenvalue weighted by molar-refractivity contribution is -0.138. The van der Waals surface area contributed by atoms with Crippen molar-refractivity contribution in [2.24, 2.45) is 5.73 Å². The van der Waals surface area contributed by atoms with Gasteiger partial charge in [-0.25, -0.2) is 4.98 Å². The van der Waals surface area contributed by atoms with Gasteiger partial charge in [0.1, 0.15) is 11.4 Å². The molecular formula is C21H29N5O3. The van der Waals surface area contributed by atoms with Crippen molar-refractivity contribution >= 4 is 16.8 Å². The van der Waals surface area contributed by atoms with Crippen LogP contribution >= 0.6 is 0 Å². The van der Waals surface area contributed by atoms with Gasteiger partial charge in [0.05, 0.1) is 24.1 Å². The Labute approximate surface area is 170 Å². The van der Waals surface area contributed by atoms with Gasteiger partial charge in [-0.2, -0.15) is 0 Å². The van der Waals surface area contributed by atoms with Crippen molar-refractivity contribution in [2.75, 3.05) is 45.9 Å². The van der Waals surface area contributed by atoms with Crippen molar-refractivity contribution < 1.29 is 9.53 Å². The summed E-state index contributed by atoms with van der Waals surface area (Å²) in [5.41, 5.74) is 5.95. The highest BCUT2D eigenvalue weighted by Gasteiger charge is 2.45. The fraction of sp³-hybridized carbons (Fsp3) is 0.571. The van der Waals surface area contributed by atoms with Gasteiger partial charge in [0.25, 0.3) is 5.56 Å². The number of rotatable bonds is 6. The summed E-state index contributed by atoms with van der Waals surface area (Å²) in [4.78, 5) is 36.6. The number of morpholine rings is 1. The third-order valence-electron chi connectivity index (χ3n) is 6.31. The molecule has 1 aromatic heterocycles. The molecule has 2 aromatic rings. The fourth-order valence-corrected chi connectivity index (χ4v) is 4.58. The van der Waals surface area contributed by atoms with E-state index < -0.39 is 5.54 Å². The number of carbonyl (C=O) groups is 1. The van der Waals surface area contributed by atoms with Gasteiger partial charge in [-0.1, -0.05) is 12.1 Å². The number of para-hydroxylation sites is 1. The van der Waals surface area contributed by atoms with Crippen LogP contribution in [-0.2, 0) is 16.0 Å². The van der Waals surface area contributed by atoms with Crippen molar-refractivity contribution in [1.29, 1.82) is 0 Å². The van der Waals surface area contributed by atoms with Gasteiger partial charge < -0.3 is 20.4 Å². The van der Waals surface area contributed by atoms with Crippen LogP contribution in [0.1, 0.15) is 25.1 Å². The Morgan fingerprint density at radius 2 is 1.90 bits per heavy atom. The zero-order chi connectivity index (χ0) is 20.3. The standard InChI is InChI=1S/C21H29N5O3/c22-20(28)21(26-12-14-29-15-13-26)7-10-25(11-8-21)9-3-6-18-23-17-5-2-1-4-16(17)19(27)24-18/h1-2,4-5H,3,6-15H2,(H2,22,28)(H,23,24,27). The third kappa shape index (κ3) is 4.19. The van der Waals surface area contributed by atoms with Crippen LogP contribution in [0.5, 0.6) is 0 Å². The Morgan fingerprint density at radius 3 is 2.62 bits per heavy atom. The Bertz CT molecular complexity index is 914. The number of nitrogens with zero attached hydrogens (tertiary/aromatic N) is 3. The van der Waals surface area contributed by atoms with Crippen molar-refractivity contribution in [3.63, 3.8) is 0 Å². The number of H-pyrrole nitrogens is 1. The number of amides is 1. The molecule has 2 aliphatic heterocycles. The van der Waals surface area contributed by atoms with Gasteiger partial charge in [0, 0.05) is 32.6 Å². The fourth-order valence-electron chi connectivity index (χ4n) is 4.58. The lowest BCUT2D eigenvalue weighted by atomic mass is 9.84. The summed E-state index contributed by atoms with van der Waals surface area (Å²) in [7, 11) is 0. The van der Waals surface area contributed by atoms with Gasteiger partial charge in [0.15, 0.2) is 0 Å². The SMILES string of the molecule is NC(=O)C1(N2CCOCC2)CCN(CCCc2nc3ccccc3c(=O)[nH]2)CC1. The summed E-state index contributed by atoms with van der Waals surface area (Å²) in [6.07, 6.45) is 3.14. The second-order valence-electron chi connectivity index (χ2n) is 7.97. The molecule has 2 saturated heterocycles. The number of aryl methyl sites for hydroxylation is 1. The van der Waals surface area contributed by atoms with Gasteiger partial charge in [-0.3, -0.25) is 14.5 Å². The first kappa shape index (κ1) is 20.0. The monoisotopic (exact) mass is 399 g/mol. The molecule has 8 nitrogen and oxygen atoms in total. The van der Waals surface area contributed by atoms with E-state index in [1.54, 1.807) is 6.07 Å². The van der Waals surface area contributed by atoms with E-state index in [0.717, 1.165) is 69.7 Å². The van der Waals surface area contributed by atoms with Gasteiger partial charge in [0.2, 0.25) is 5.91 Å². The minimum atomic E-state index is -0.536. The van der Waals surface area contributed by atoms with Crippen LogP contribution in [0.25, 0.3) is 10.9 Å². The Hall–Kier alpha value is -2.29. The van der Waals surface area contributed by atoms with Crippen LogP contribution in [0.4, 0.5) is 0 Å². The van der Waals surface area contributed by atoms with E-state index in [0.29, 0.717) is 18.6 Å². The molecule has 0 spiro atoms. The van der Waals surface area contributed by atoms with Crippen LogP contribution in [0, 0.1) is 0 Å². The molecule has 156 valence electrons. The number of benzene rings is 1. The number of likely N-dealkylation sites (tertiary alicyclic amines) is 1. The molecule has 2 aliphatic rings. The Balaban J connectivity index is 1.32. The third-order valence-corrected chi connectivity index (χ3v) is 6.31. The molecule has 0 radical (unpaired) electrons. The number of aromatic nitrogens is 2. The number of carbonyl (C=O) groups excluding carboxylic acids is 1. The molecule has 2 fully saturated rings. The lowest BCUT2D eigenvalue weighted by Crippen LogP contribution is -2.64. The minimum Gasteiger partial charge on any atom is -0.379 e. The summed E-state index contributed by atoms with van der Waals surface area (Å²) < 4.78 is 5.43. The number of hydrogen-bond acceptors (Lipinski definition) is 6. The van der Waals surface area contributed by atoms with Crippen molar-refractivity contribution in [3.05, 3.63) is 40.4 Å². The number of nitrogens with two attached hydrogens (primary N) is 1. The molecule has 0 unspecified atom stereocenters. The Morgan fingerprint density at radius 1 is 1.17 bits per heavy atom. The molecular weight excluding hydrogens is 370 g/mol. The summed E-state index contributed by atoms with van der Waals surface area (Å²) in [5.74, 6) is 0.516. The lowest BCUT2D eigenvalue weighted by Gasteiger charge is -2.48. The predicted octanol–water partition coefficient (Wildman–Crippen LogP) is 0.508. The van der Waals surface area contributed by atoms with Gasteiger partial charge >= 0.3 is 0 Å². The summed E-state index contributed by atoms with van der Waals surface area (Å²) >= 11 is 0. The number of aromatic amines is 1. The van der Waals surface area contributed by atoms with Crippen molar-refractivity contribution in [1.82, 2.24) is 19.8 Å². The molecule has 3 N–H and O–H groups in total. The quantitative estimate of drug-likeness (QED) is 0.733. The van der Waals surface area contributed by atoms with E-state index >= 15 is 0 Å². The van der Waals surface area contributed by atoms with E-state index in [1.807, 2.05) is 18.2 Å². The first-order valence-electron chi connectivity index (χ1n) is 10.4. The molecule has 1 aromatic carbocycles. The molecule has 0 atom stereocenters. The zero-order valence-electron chi connectivity index (χ0n) is 16.7. The van der Waals surface area contributed by atoms with Gasteiger partial charge in [-0.15, -0.1) is 0 Å². The second kappa shape index (κ2) is 8.61. The second-order valence-corrected chi connectivity index (χ2v) is 7.97. The summed E-state index contributed by atoms with van der Waals surface area (Å²) in [6, 6.07) is 7.40. The van der Waals surface area contributed by atoms with E-state index in [1.165, 1.54) is 0 Å². The van der Waals surface area contributed by atoms with Crippen LogP contribution in [0.2, 0.25) is 0 Å². The first-order valence-corrected chi connectivity index (χ1v) is 10.4. The molecule has 0 aliphatic carbocycles. The molecule has 0 bridgehead atoms. The number of primary amides is 1. The maximum atomic E-state index is 12.3. The number of piperidine rings is 1. The maximum Gasteiger partial charge on any atom is 0.258 e. The van der Waals surface area contributed by atoms with E-state index in [4.69, 9.17) is 10.5 Å². The Kier molecular flexibility index (Phi) is 5.94. The van der Waals surface area contributed by atoms with Gasteiger partial charge in [-0.05, 0) is 37.9 Å². The van der Waals surface area contributed by atoms with Crippen LogP contribution in [0.15, 0.2) is 29.1 Å². The maximum absolute atomic E-state index is 12.3. The van der Waals surface area contributed by atoms with Crippen molar-refractivity contribution in [3.8, 4) is 0 Å². The molecule has 1 amide bonds. The number of ether oxygens (including phenoxy) is 1. The average Bonchev–Trinajstić information content (AvgIpc) is 2.75. The zero-order valence-corrected chi connectivity index (χ0v) is 16.7. The number of hydrogen-bond donors (Lipinski definition) is 2. The minimum absolute atomic E-state index is 0.0830. The summed E-state index contributed by atoms with van der Waals surface area (Å²) in [5, 5.41) is 0.623. The number of fused-ring (bicyclic) bond motifs is 1. The van der Waals surface area contributed by atoms with E-state index in [2.05, 4.69) is 19.8 Å². The van der Waals surface area contributed by atoms with E-state index in [-0.39, 0.29) is 11.5 Å². The highest BCUT2D eigenvalue weighted by molar-refractivity contribution is 5.85. The predicted molar refractivity (Wildman–Crippen MR) is 111 cm³/mol. The molecule has 8 heteroatoms. The largest absolute Gasteiger partial charge is 0.379 e. The summed E-state index contributed by atoms with van der Waals surface area (Å²) in [6.45, 7) is 5.47. The molecule has 29 heavy (non-hydrogen) atoms. The molecule has 0 saturated carbocycles. The van der Waals surface area contributed by atoms with E-state index in [9.17, 15) is 9.59 Å². The highest BCUT2D eigenvalue weighted by Crippen LogP contribution is 2.29. The average molecular weight is 399 g/mol. The van der Waals surface area contributed by atoms with Crippen LogP contribution < -0.4 is 11.3 Å². The first-order chi connectivity index (χ1) is 14.1. The number of nitrogens with one attached hydrogen (secondary N) is 1. The smallest absolute Gasteiger partial charge is 0.258 e. The molecule has 3 heterocycles. The topological polar surface area (TPSA) is 105 Å². The van der Waals surface area contributed by atoms with Crippen molar-refractivity contribution in [2.45, 2.75) is 31.2 Å². The molecule has 4 rings (SSSR count). The van der Waals surface area contributed by atoms with Crippen LogP contribution in [-0.4, -0.2) is 77.2 Å². The normalized spacial score (nSPS) is 20.7.